The summed E-state index contributed by atoms with van der Waals surface area (Å²) in [5, 5.41) is 8.58. The van der Waals surface area contributed by atoms with Crippen LogP contribution in [-0.2, 0) is 19.1 Å². The predicted octanol–water partition coefficient (Wildman–Crippen LogP) is -0.117. The zero-order valence-electron chi connectivity index (χ0n) is 10.1. The molecule has 0 aromatic heterocycles. The number of ketones is 1. The average Bonchev–Trinajstić information content (AvgIpc) is 2.17. The summed E-state index contributed by atoms with van der Waals surface area (Å²) in [5.41, 5.74) is 0. The van der Waals surface area contributed by atoms with Crippen LogP contribution in [0.15, 0.2) is 0 Å². The number of hydrogen-bond donors (Lipinski definition) is 1. The summed E-state index contributed by atoms with van der Waals surface area (Å²) in [6.07, 6.45) is -0.525. The summed E-state index contributed by atoms with van der Waals surface area (Å²) in [7, 11) is 0. The van der Waals surface area contributed by atoms with Crippen LogP contribution in [0.1, 0.15) is 16.2 Å². The van der Waals surface area contributed by atoms with Crippen LogP contribution in [0.25, 0.3) is 0 Å². The van der Waals surface area contributed by atoms with Crippen molar-refractivity contribution in [3.63, 3.8) is 0 Å². The van der Waals surface area contributed by atoms with Gasteiger partial charge in [0.15, 0.2) is 5.78 Å². The monoisotopic (exact) mass is 230 g/mol. The van der Waals surface area contributed by atoms with Gasteiger partial charge < -0.3 is 17.4 Å². The first-order valence-electron chi connectivity index (χ1n) is 4.14. The number of rotatable bonds is 3. The molecule has 1 aliphatic rings. The number of carboxylic acid groups (broad SMARTS) is 1. The van der Waals surface area contributed by atoms with E-state index in [2.05, 4.69) is 0 Å². The Bertz CT molecular complexity index is 218. The van der Waals surface area contributed by atoms with Crippen LogP contribution >= 0.6 is 0 Å². The molecule has 1 N–H and O–H groups in total. The van der Waals surface area contributed by atoms with Crippen molar-refractivity contribution in [2.24, 2.45) is 5.92 Å². The fraction of sp³-hybridized carbons (Fsp3) is 0.750. The molecule has 0 unspecified atom stereocenters. The van der Waals surface area contributed by atoms with Crippen LogP contribution in [-0.4, -0.2) is 74.1 Å². The van der Waals surface area contributed by atoms with E-state index in [1.807, 2.05) is 0 Å². The maximum Gasteiger partial charge on any atom is 2.00 e. The maximum atomic E-state index is 11.0. The topological polar surface area (TPSA) is 72.8 Å². The van der Waals surface area contributed by atoms with Crippen molar-refractivity contribution in [2.45, 2.75) is 19.6 Å². The number of ether oxygens (including phenoxy) is 2. The largest absolute Gasteiger partial charge is 2.00 e. The van der Waals surface area contributed by atoms with Crippen molar-refractivity contribution < 1.29 is 27.0 Å². The van der Waals surface area contributed by atoms with Gasteiger partial charge in [0.2, 0.25) is 6.29 Å². The van der Waals surface area contributed by atoms with Crippen molar-refractivity contribution in [1.82, 2.24) is 0 Å². The van der Waals surface area contributed by atoms with E-state index in [0.717, 1.165) is 0 Å². The molecule has 1 aliphatic heterocycles. The van der Waals surface area contributed by atoms with Gasteiger partial charge in [0.25, 0.3) is 0 Å². The standard InChI is InChI=1S/C8H12O5.Ca.2H/c1-2-6(9)8-12-3-5(4-13-8)7(10)11;;;/h5,8H,2-4H2,1H3,(H,10,11);;;/q;+2;2*-1. The minimum Gasteiger partial charge on any atom is -1.00 e. The molecule has 0 aromatic carbocycles. The summed E-state index contributed by atoms with van der Waals surface area (Å²) in [4.78, 5) is 21.5. The molecule has 0 aliphatic carbocycles. The molecule has 78 valence electrons. The molecule has 1 fully saturated rings. The van der Waals surface area contributed by atoms with Crippen molar-refractivity contribution in [3.05, 3.63) is 0 Å². The molecular formula is C8H14CaO5. The summed E-state index contributed by atoms with van der Waals surface area (Å²) in [5.74, 6) is -1.76. The van der Waals surface area contributed by atoms with Crippen molar-refractivity contribution in [3.8, 4) is 0 Å². The van der Waals surface area contributed by atoms with Gasteiger partial charge in [0.05, 0.1) is 13.2 Å². The number of aliphatic carboxylic acids is 1. The second-order valence-corrected chi connectivity index (χ2v) is 2.85. The fourth-order valence-electron chi connectivity index (χ4n) is 0.998. The Morgan fingerprint density at radius 1 is 1.43 bits per heavy atom. The molecule has 0 radical (unpaired) electrons. The normalized spacial score (nSPS) is 26.4. The number of carbonyl (C=O) groups is 2. The first-order chi connectivity index (χ1) is 6.15. The first kappa shape index (κ1) is 14.3. The minimum absolute atomic E-state index is 0. The van der Waals surface area contributed by atoms with Crippen LogP contribution in [0.2, 0.25) is 0 Å². The number of carboxylic acids is 1. The number of hydrogen-bond acceptors (Lipinski definition) is 4. The summed E-state index contributed by atoms with van der Waals surface area (Å²) < 4.78 is 9.90. The van der Waals surface area contributed by atoms with E-state index in [0.29, 0.717) is 6.42 Å². The second kappa shape index (κ2) is 6.74. The Balaban J connectivity index is -0.000000563. The Kier molecular flexibility index (Phi) is 6.89. The molecule has 5 nitrogen and oxygen atoms in total. The van der Waals surface area contributed by atoms with Gasteiger partial charge in [-0.2, -0.15) is 0 Å². The Labute approximate surface area is 115 Å². The van der Waals surface area contributed by atoms with E-state index in [9.17, 15) is 9.59 Å². The third-order valence-corrected chi connectivity index (χ3v) is 1.86. The SMILES string of the molecule is CCC(=O)C1OCC(C(=O)O)CO1.[Ca+2].[H-].[H-]. The molecule has 1 rings (SSSR count). The van der Waals surface area contributed by atoms with E-state index in [1.165, 1.54) is 0 Å². The van der Waals surface area contributed by atoms with Gasteiger partial charge in [-0.15, -0.1) is 0 Å². The van der Waals surface area contributed by atoms with Crippen LogP contribution in [0.5, 0.6) is 0 Å². The van der Waals surface area contributed by atoms with Crippen LogP contribution in [0.4, 0.5) is 0 Å². The molecule has 0 bridgehead atoms. The van der Waals surface area contributed by atoms with Crippen molar-refractivity contribution in [1.29, 1.82) is 0 Å². The van der Waals surface area contributed by atoms with Gasteiger partial charge in [0, 0.05) is 6.42 Å². The van der Waals surface area contributed by atoms with E-state index >= 15 is 0 Å². The third-order valence-electron chi connectivity index (χ3n) is 1.86. The van der Waals surface area contributed by atoms with Crippen LogP contribution in [0.3, 0.4) is 0 Å². The molecule has 0 aromatic rings. The van der Waals surface area contributed by atoms with Gasteiger partial charge in [-0.25, -0.2) is 0 Å². The molecule has 1 saturated heterocycles. The molecule has 6 heteroatoms. The Morgan fingerprint density at radius 3 is 2.29 bits per heavy atom. The predicted molar refractivity (Wildman–Crippen MR) is 50.1 cm³/mol. The van der Waals surface area contributed by atoms with E-state index < -0.39 is 18.2 Å². The molecule has 14 heavy (non-hydrogen) atoms. The van der Waals surface area contributed by atoms with Gasteiger partial charge in [-0.3, -0.25) is 9.59 Å². The van der Waals surface area contributed by atoms with Gasteiger partial charge >= 0.3 is 43.7 Å². The van der Waals surface area contributed by atoms with E-state index in [4.69, 9.17) is 14.6 Å². The Morgan fingerprint density at radius 2 is 1.93 bits per heavy atom. The number of carbonyl (C=O) groups excluding carboxylic acids is 1. The molecule has 1 heterocycles. The summed E-state index contributed by atoms with van der Waals surface area (Å²) in [6, 6.07) is 0. The summed E-state index contributed by atoms with van der Waals surface area (Å²) in [6.45, 7) is 1.80. The molecule has 0 atom stereocenters. The third kappa shape index (κ3) is 3.82. The first-order valence-corrected chi connectivity index (χ1v) is 4.14. The fourth-order valence-corrected chi connectivity index (χ4v) is 0.998. The van der Waals surface area contributed by atoms with Crippen molar-refractivity contribution >= 4 is 49.5 Å². The van der Waals surface area contributed by atoms with Crippen molar-refractivity contribution in [2.75, 3.05) is 13.2 Å². The van der Waals surface area contributed by atoms with Gasteiger partial charge in [-0.1, -0.05) is 6.92 Å². The average molecular weight is 230 g/mol. The second-order valence-electron chi connectivity index (χ2n) is 2.85. The minimum atomic E-state index is -0.956. The maximum absolute atomic E-state index is 11.0. The zero-order valence-corrected chi connectivity index (χ0v) is 10.3. The van der Waals surface area contributed by atoms with Crippen LogP contribution < -0.4 is 0 Å². The molecule has 0 amide bonds. The number of Topliss-reactive ketones (excluding diaryl/α,β-unsaturated/α-hetero) is 1. The van der Waals surface area contributed by atoms with E-state index in [-0.39, 0.29) is 59.6 Å². The van der Waals surface area contributed by atoms with Crippen LogP contribution in [0, 0.1) is 5.92 Å². The molecule has 0 saturated carbocycles. The quantitative estimate of drug-likeness (QED) is 0.684. The molecular weight excluding hydrogens is 216 g/mol. The summed E-state index contributed by atoms with van der Waals surface area (Å²) >= 11 is 0. The molecule has 0 spiro atoms. The van der Waals surface area contributed by atoms with Gasteiger partial charge in [0.1, 0.15) is 5.92 Å². The van der Waals surface area contributed by atoms with Gasteiger partial charge in [-0.05, 0) is 0 Å². The smallest absolute Gasteiger partial charge is 1.00 e. The Hall–Kier alpha value is 0.320. The zero-order chi connectivity index (χ0) is 9.84. The van der Waals surface area contributed by atoms with E-state index in [1.54, 1.807) is 6.92 Å².